The van der Waals surface area contributed by atoms with Gasteiger partial charge in [-0.15, -0.1) is 0 Å². The van der Waals surface area contributed by atoms with Crippen LogP contribution < -0.4 is 10.1 Å². The van der Waals surface area contributed by atoms with E-state index in [0.717, 1.165) is 16.3 Å². The monoisotopic (exact) mass is 506 g/mol. The number of benzene rings is 3. The van der Waals surface area contributed by atoms with Crippen LogP contribution in [0.15, 0.2) is 83.8 Å². The molecule has 2 amide bonds. The van der Waals surface area contributed by atoms with Gasteiger partial charge in [-0.2, -0.15) is 0 Å². The molecule has 0 spiro atoms. The highest BCUT2D eigenvalue weighted by atomic mass is 32.2. The standard InChI is InChI=1S/C27H26N2O6S/c30-26(28-24(19-8-3-1-4-9-19)18-35-21-10-5-2-6-11-21)20-13-14-23-25(16-20)36(32,33)29(27(23)31)17-22-12-7-15-34-22/h1-6,8-11,13-14,16,22,24H,7,12,15,17-18H2,(H,28,30). The van der Waals surface area contributed by atoms with Crippen molar-refractivity contribution in [2.24, 2.45) is 0 Å². The maximum absolute atomic E-state index is 13.2. The highest BCUT2D eigenvalue weighted by molar-refractivity contribution is 7.90. The van der Waals surface area contributed by atoms with Crippen LogP contribution in [0.5, 0.6) is 5.75 Å². The van der Waals surface area contributed by atoms with Gasteiger partial charge in [-0.1, -0.05) is 48.5 Å². The van der Waals surface area contributed by atoms with Gasteiger partial charge in [-0.25, -0.2) is 12.7 Å². The van der Waals surface area contributed by atoms with Crippen LogP contribution in [0.4, 0.5) is 0 Å². The third kappa shape index (κ3) is 4.84. The first-order chi connectivity index (χ1) is 17.4. The van der Waals surface area contributed by atoms with Gasteiger partial charge in [0.1, 0.15) is 17.3 Å². The lowest BCUT2D eigenvalue weighted by atomic mass is 10.1. The average Bonchev–Trinajstić information content (AvgIpc) is 3.49. The summed E-state index contributed by atoms with van der Waals surface area (Å²) >= 11 is 0. The van der Waals surface area contributed by atoms with Gasteiger partial charge in [0, 0.05) is 12.2 Å². The zero-order valence-corrected chi connectivity index (χ0v) is 20.3. The fraction of sp³-hybridized carbons (Fsp3) is 0.259. The molecule has 2 unspecified atom stereocenters. The summed E-state index contributed by atoms with van der Waals surface area (Å²) in [4.78, 5) is 25.9. The molecule has 0 radical (unpaired) electrons. The van der Waals surface area contributed by atoms with Crippen molar-refractivity contribution in [3.8, 4) is 5.75 Å². The Morgan fingerprint density at radius 2 is 1.78 bits per heavy atom. The Morgan fingerprint density at radius 3 is 2.47 bits per heavy atom. The van der Waals surface area contributed by atoms with Crippen molar-refractivity contribution in [1.29, 1.82) is 0 Å². The number of carbonyl (C=O) groups excluding carboxylic acids is 2. The molecule has 2 aliphatic rings. The summed E-state index contributed by atoms with van der Waals surface area (Å²) in [6, 6.07) is 22.3. The molecule has 1 saturated heterocycles. The number of nitrogens with zero attached hydrogens (tertiary/aromatic N) is 1. The average molecular weight is 507 g/mol. The van der Waals surface area contributed by atoms with Gasteiger partial charge in [0.05, 0.1) is 24.3 Å². The molecule has 186 valence electrons. The predicted octanol–water partition coefficient (Wildman–Crippen LogP) is 3.56. The van der Waals surface area contributed by atoms with Gasteiger partial charge in [-0.3, -0.25) is 9.59 Å². The van der Waals surface area contributed by atoms with E-state index in [-0.39, 0.29) is 35.3 Å². The summed E-state index contributed by atoms with van der Waals surface area (Å²) in [7, 11) is -4.07. The molecule has 9 heteroatoms. The summed E-state index contributed by atoms with van der Waals surface area (Å²) in [5.41, 5.74) is 1.05. The van der Waals surface area contributed by atoms with Crippen LogP contribution in [-0.2, 0) is 14.8 Å². The first-order valence-electron chi connectivity index (χ1n) is 11.8. The number of ether oxygens (including phenoxy) is 2. The highest BCUT2D eigenvalue weighted by Crippen LogP contribution is 2.32. The van der Waals surface area contributed by atoms with Crippen LogP contribution in [0.2, 0.25) is 0 Å². The smallest absolute Gasteiger partial charge is 0.269 e. The van der Waals surface area contributed by atoms with E-state index < -0.39 is 27.9 Å². The van der Waals surface area contributed by atoms with Gasteiger partial charge >= 0.3 is 0 Å². The molecule has 0 bridgehead atoms. The molecule has 2 atom stereocenters. The lowest BCUT2D eigenvalue weighted by Crippen LogP contribution is -2.36. The molecule has 3 aromatic carbocycles. The predicted molar refractivity (Wildman–Crippen MR) is 132 cm³/mol. The van der Waals surface area contributed by atoms with E-state index in [1.54, 1.807) is 0 Å². The van der Waals surface area contributed by atoms with E-state index >= 15 is 0 Å². The van der Waals surface area contributed by atoms with Crippen molar-refractivity contribution >= 4 is 21.8 Å². The van der Waals surface area contributed by atoms with Crippen molar-refractivity contribution in [2.45, 2.75) is 29.9 Å². The minimum absolute atomic E-state index is 0.0235. The number of fused-ring (bicyclic) bond motifs is 1. The number of para-hydroxylation sites is 1. The SMILES string of the molecule is O=C(NC(COc1ccccc1)c1ccccc1)c1ccc2c(c1)S(=O)(=O)N(CC1CCCO1)C2=O. The Hall–Kier alpha value is -3.69. The van der Waals surface area contributed by atoms with Gasteiger partial charge in [0.2, 0.25) is 0 Å². The Labute approximate surface area is 209 Å². The fourth-order valence-electron chi connectivity index (χ4n) is 4.41. The second-order valence-electron chi connectivity index (χ2n) is 8.75. The molecule has 1 N–H and O–H groups in total. The molecule has 1 fully saturated rings. The second-order valence-corrected chi connectivity index (χ2v) is 10.6. The second kappa shape index (κ2) is 10.1. The molecular weight excluding hydrogens is 480 g/mol. The van der Waals surface area contributed by atoms with Crippen LogP contribution >= 0.6 is 0 Å². The van der Waals surface area contributed by atoms with Crippen LogP contribution in [0.1, 0.15) is 45.2 Å². The molecule has 2 heterocycles. The summed E-state index contributed by atoms with van der Waals surface area (Å²) < 4.78 is 38.6. The van der Waals surface area contributed by atoms with E-state index in [1.165, 1.54) is 18.2 Å². The summed E-state index contributed by atoms with van der Waals surface area (Å²) in [5.74, 6) is -0.393. The first-order valence-corrected chi connectivity index (χ1v) is 13.2. The minimum atomic E-state index is -4.07. The molecule has 3 aromatic rings. The first kappa shape index (κ1) is 24.0. The molecule has 0 saturated carbocycles. The van der Waals surface area contributed by atoms with Crippen LogP contribution in [0.3, 0.4) is 0 Å². The van der Waals surface area contributed by atoms with Crippen molar-refractivity contribution in [3.63, 3.8) is 0 Å². The Bertz CT molecular complexity index is 1360. The fourth-order valence-corrected chi connectivity index (χ4v) is 6.04. The molecule has 36 heavy (non-hydrogen) atoms. The maximum Gasteiger partial charge on any atom is 0.269 e. The molecule has 2 aliphatic heterocycles. The zero-order chi connectivity index (χ0) is 25.1. The van der Waals surface area contributed by atoms with E-state index in [4.69, 9.17) is 9.47 Å². The van der Waals surface area contributed by atoms with E-state index in [9.17, 15) is 18.0 Å². The van der Waals surface area contributed by atoms with Crippen LogP contribution in [0, 0.1) is 0 Å². The summed E-state index contributed by atoms with van der Waals surface area (Å²) in [6.45, 7) is 0.710. The van der Waals surface area contributed by atoms with E-state index in [2.05, 4.69) is 5.32 Å². The molecule has 8 nitrogen and oxygen atoms in total. The van der Waals surface area contributed by atoms with Gasteiger partial charge in [0.25, 0.3) is 21.8 Å². The number of hydrogen-bond acceptors (Lipinski definition) is 6. The summed E-state index contributed by atoms with van der Waals surface area (Å²) in [5, 5.41) is 2.94. The zero-order valence-electron chi connectivity index (χ0n) is 19.5. The number of rotatable bonds is 8. The van der Waals surface area contributed by atoms with E-state index in [1.807, 2.05) is 60.7 Å². The number of nitrogens with one attached hydrogen (secondary N) is 1. The van der Waals surface area contributed by atoms with Crippen molar-refractivity contribution in [1.82, 2.24) is 9.62 Å². The van der Waals surface area contributed by atoms with Crippen molar-refractivity contribution in [2.75, 3.05) is 19.8 Å². The molecule has 0 aliphatic carbocycles. The Morgan fingerprint density at radius 1 is 1.06 bits per heavy atom. The normalized spacial score (nSPS) is 19.1. The Kier molecular flexibility index (Phi) is 6.75. The van der Waals surface area contributed by atoms with Gasteiger partial charge in [-0.05, 0) is 48.7 Å². The van der Waals surface area contributed by atoms with Gasteiger partial charge < -0.3 is 14.8 Å². The Balaban J connectivity index is 1.36. The summed E-state index contributed by atoms with van der Waals surface area (Å²) in [6.07, 6.45) is 1.23. The van der Waals surface area contributed by atoms with Crippen LogP contribution in [-0.4, -0.2) is 50.4 Å². The van der Waals surface area contributed by atoms with Crippen molar-refractivity contribution < 1.29 is 27.5 Å². The number of carbonyl (C=O) groups is 2. The van der Waals surface area contributed by atoms with Crippen molar-refractivity contribution in [3.05, 3.63) is 95.6 Å². The highest BCUT2D eigenvalue weighted by Gasteiger charge is 2.43. The molecular formula is C27H26N2O6S. The third-order valence-electron chi connectivity index (χ3n) is 6.33. The van der Waals surface area contributed by atoms with Crippen LogP contribution in [0.25, 0.3) is 0 Å². The third-order valence-corrected chi connectivity index (χ3v) is 8.12. The number of amides is 2. The molecule has 0 aromatic heterocycles. The largest absolute Gasteiger partial charge is 0.491 e. The minimum Gasteiger partial charge on any atom is -0.491 e. The number of sulfonamides is 1. The lowest BCUT2D eigenvalue weighted by molar-refractivity contribution is 0.0707. The maximum atomic E-state index is 13.2. The molecule has 5 rings (SSSR count). The van der Waals surface area contributed by atoms with Gasteiger partial charge in [0.15, 0.2) is 0 Å². The lowest BCUT2D eigenvalue weighted by Gasteiger charge is -2.20. The number of hydrogen-bond donors (Lipinski definition) is 1. The van der Waals surface area contributed by atoms with E-state index in [0.29, 0.717) is 18.8 Å². The quantitative estimate of drug-likeness (QED) is 0.501. The topological polar surface area (TPSA) is 102 Å².